The molecule has 1 aliphatic rings. The number of aliphatic hydroxyl groups is 1. The average Bonchev–Trinajstić information content (AvgIpc) is 2.48. The summed E-state index contributed by atoms with van der Waals surface area (Å²) < 4.78 is 32.5. The molecule has 1 unspecified atom stereocenters. The Balaban J connectivity index is 1.93. The molecule has 5 nitrogen and oxygen atoms in total. The van der Waals surface area contributed by atoms with Crippen molar-refractivity contribution in [3.63, 3.8) is 0 Å². The molecule has 1 fully saturated rings. The Morgan fingerprint density at radius 3 is 2.38 bits per heavy atom. The Kier molecular flexibility index (Phi) is 5.75. The van der Waals surface area contributed by atoms with E-state index < -0.39 is 10.0 Å². The van der Waals surface area contributed by atoms with Crippen molar-refractivity contribution in [2.45, 2.75) is 38.2 Å². The standard InChI is InChI=1S/C15H23NO4S/c1-12(15-6-8-20-9-7-15)16-21(18,19)11-14-4-2-13(10-17)3-5-14/h2-5,12,15-17H,6-11H2,1H3. The summed E-state index contributed by atoms with van der Waals surface area (Å²) >= 11 is 0. The van der Waals surface area contributed by atoms with Gasteiger partial charge in [0.15, 0.2) is 0 Å². The van der Waals surface area contributed by atoms with Gasteiger partial charge in [-0.05, 0) is 36.8 Å². The van der Waals surface area contributed by atoms with Crippen LogP contribution in [0.15, 0.2) is 24.3 Å². The van der Waals surface area contributed by atoms with Crippen LogP contribution in [0.1, 0.15) is 30.9 Å². The van der Waals surface area contributed by atoms with Gasteiger partial charge in [0.25, 0.3) is 0 Å². The van der Waals surface area contributed by atoms with Crippen LogP contribution in [0.2, 0.25) is 0 Å². The summed E-state index contributed by atoms with van der Waals surface area (Å²) in [5.74, 6) is 0.303. The Bertz CT molecular complexity index is 535. The van der Waals surface area contributed by atoms with Crippen molar-refractivity contribution in [3.05, 3.63) is 35.4 Å². The number of aliphatic hydroxyl groups excluding tert-OH is 1. The Morgan fingerprint density at radius 1 is 1.24 bits per heavy atom. The van der Waals surface area contributed by atoms with E-state index in [1.165, 1.54) is 0 Å². The van der Waals surface area contributed by atoms with Crippen LogP contribution >= 0.6 is 0 Å². The highest BCUT2D eigenvalue weighted by Crippen LogP contribution is 2.19. The smallest absolute Gasteiger partial charge is 0.216 e. The number of sulfonamides is 1. The second-order valence-electron chi connectivity index (χ2n) is 5.59. The Hall–Kier alpha value is -0.950. The maximum atomic E-state index is 12.2. The van der Waals surface area contributed by atoms with Gasteiger partial charge in [0.05, 0.1) is 12.4 Å². The Morgan fingerprint density at radius 2 is 1.81 bits per heavy atom. The molecule has 6 heteroatoms. The lowest BCUT2D eigenvalue weighted by molar-refractivity contribution is 0.0585. The van der Waals surface area contributed by atoms with Gasteiger partial charge in [-0.3, -0.25) is 0 Å². The lowest BCUT2D eigenvalue weighted by Gasteiger charge is -2.28. The van der Waals surface area contributed by atoms with E-state index in [-0.39, 0.29) is 18.4 Å². The summed E-state index contributed by atoms with van der Waals surface area (Å²) in [5, 5.41) is 8.98. The van der Waals surface area contributed by atoms with Crippen molar-refractivity contribution in [3.8, 4) is 0 Å². The summed E-state index contributed by atoms with van der Waals surface area (Å²) in [6.45, 7) is 3.30. The van der Waals surface area contributed by atoms with Crippen molar-refractivity contribution in [1.82, 2.24) is 4.72 Å². The summed E-state index contributed by atoms with van der Waals surface area (Å²) in [7, 11) is -3.36. The van der Waals surface area contributed by atoms with E-state index in [1.807, 2.05) is 6.92 Å². The summed E-state index contributed by atoms with van der Waals surface area (Å²) in [4.78, 5) is 0. The van der Waals surface area contributed by atoms with Crippen LogP contribution in [0.25, 0.3) is 0 Å². The van der Waals surface area contributed by atoms with Crippen LogP contribution in [-0.2, 0) is 27.1 Å². The molecule has 0 aliphatic carbocycles. The first-order valence-corrected chi connectivity index (χ1v) is 8.92. The van der Waals surface area contributed by atoms with Crippen LogP contribution in [0.5, 0.6) is 0 Å². The van der Waals surface area contributed by atoms with Gasteiger partial charge < -0.3 is 9.84 Å². The first kappa shape index (κ1) is 16.4. The minimum absolute atomic E-state index is 0.0354. The fraction of sp³-hybridized carbons (Fsp3) is 0.600. The molecule has 118 valence electrons. The second kappa shape index (κ2) is 7.35. The predicted molar refractivity (Wildman–Crippen MR) is 81.1 cm³/mol. The molecule has 1 aliphatic heterocycles. The van der Waals surface area contributed by atoms with Gasteiger partial charge in [-0.25, -0.2) is 13.1 Å². The van der Waals surface area contributed by atoms with Crippen molar-refractivity contribution in [2.24, 2.45) is 5.92 Å². The van der Waals surface area contributed by atoms with E-state index in [1.54, 1.807) is 24.3 Å². The molecule has 0 saturated carbocycles. The number of benzene rings is 1. The molecule has 0 amide bonds. The molecular weight excluding hydrogens is 290 g/mol. The fourth-order valence-electron chi connectivity index (χ4n) is 2.60. The minimum Gasteiger partial charge on any atom is -0.392 e. The molecule has 2 N–H and O–H groups in total. The highest BCUT2D eigenvalue weighted by Gasteiger charge is 2.24. The molecular formula is C15H23NO4S. The zero-order valence-electron chi connectivity index (χ0n) is 12.3. The van der Waals surface area contributed by atoms with Gasteiger partial charge in [0, 0.05) is 19.3 Å². The van der Waals surface area contributed by atoms with Gasteiger partial charge in [0.2, 0.25) is 10.0 Å². The van der Waals surface area contributed by atoms with Crippen molar-refractivity contribution in [1.29, 1.82) is 0 Å². The minimum atomic E-state index is -3.36. The van der Waals surface area contributed by atoms with E-state index in [2.05, 4.69) is 4.72 Å². The number of ether oxygens (including phenoxy) is 1. The molecule has 1 heterocycles. The van der Waals surface area contributed by atoms with Crippen LogP contribution in [0.3, 0.4) is 0 Å². The molecule has 0 spiro atoms. The lowest BCUT2D eigenvalue weighted by Crippen LogP contribution is -2.40. The summed E-state index contributed by atoms with van der Waals surface area (Å²) in [5.41, 5.74) is 1.50. The summed E-state index contributed by atoms with van der Waals surface area (Å²) in [6, 6.07) is 6.89. The zero-order valence-corrected chi connectivity index (χ0v) is 13.1. The van der Waals surface area contributed by atoms with Crippen molar-refractivity contribution >= 4 is 10.0 Å². The predicted octanol–water partition coefficient (Wildman–Crippen LogP) is 1.41. The van der Waals surface area contributed by atoms with Gasteiger partial charge in [0.1, 0.15) is 0 Å². The normalized spacial score (nSPS) is 18.6. The third-order valence-corrected chi connectivity index (χ3v) is 5.35. The van der Waals surface area contributed by atoms with Crippen LogP contribution < -0.4 is 4.72 Å². The van der Waals surface area contributed by atoms with E-state index in [0.717, 1.165) is 24.0 Å². The second-order valence-corrected chi connectivity index (χ2v) is 7.34. The molecule has 2 rings (SSSR count). The lowest BCUT2D eigenvalue weighted by atomic mass is 9.94. The Labute approximate surface area is 126 Å². The molecule has 1 atom stereocenters. The molecule has 1 aromatic rings. The quantitative estimate of drug-likeness (QED) is 0.833. The molecule has 0 bridgehead atoms. The van der Waals surface area contributed by atoms with Crippen molar-refractivity contribution in [2.75, 3.05) is 13.2 Å². The van der Waals surface area contributed by atoms with Gasteiger partial charge in [-0.2, -0.15) is 0 Å². The van der Waals surface area contributed by atoms with E-state index in [4.69, 9.17) is 9.84 Å². The highest BCUT2D eigenvalue weighted by atomic mass is 32.2. The average molecular weight is 313 g/mol. The number of hydrogen-bond acceptors (Lipinski definition) is 4. The third-order valence-electron chi connectivity index (χ3n) is 3.90. The summed E-state index contributed by atoms with van der Waals surface area (Å²) in [6.07, 6.45) is 1.80. The molecule has 21 heavy (non-hydrogen) atoms. The first-order chi connectivity index (χ1) is 10.00. The van der Waals surface area contributed by atoms with E-state index in [0.29, 0.717) is 19.1 Å². The SMILES string of the molecule is CC(NS(=O)(=O)Cc1ccc(CO)cc1)C1CCOCC1. The fourth-order valence-corrected chi connectivity index (χ4v) is 4.07. The first-order valence-electron chi connectivity index (χ1n) is 7.26. The maximum Gasteiger partial charge on any atom is 0.216 e. The monoisotopic (exact) mass is 313 g/mol. The van der Waals surface area contributed by atoms with E-state index in [9.17, 15) is 8.42 Å². The van der Waals surface area contributed by atoms with Gasteiger partial charge in [-0.15, -0.1) is 0 Å². The largest absolute Gasteiger partial charge is 0.392 e. The molecule has 1 saturated heterocycles. The van der Waals surface area contributed by atoms with E-state index >= 15 is 0 Å². The van der Waals surface area contributed by atoms with Crippen LogP contribution in [0.4, 0.5) is 0 Å². The van der Waals surface area contributed by atoms with Gasteiger partial charge >= 0.3 is 0 Å². The number of hydrogen-bond donors (Lipinski definition) is 2. The molecule has 1 aromatic carbocycles. The van der Waals surface area contributed by atoms with Crippen LogP contribution in [0, 0.1) is 5.92 Å². The number of nitrogens with one attached hydrogen (secondary N) is 1. The highest BCUT2D eigenvalue weighted by molar-refractivity contribution is 7.88. The van der Waals surface area contributed by atoms with Crippen molar-refractivity contribution < 1.29 is 18.3 Å². The molecule has 0 aromatic heterocycles. The molecule has 0 radical (unpaired) electrons. The zero-order chi connectivity index (χ0) is 15.3. The van der Waals surface area contributed by atoms with Crippen LogP contribution in [-0.4, -0.2) is 32.8 Å². The number of rotatable bonds is 6. The van der Waals surface area contributed by atoms with Gasteiger partial charge in [-0.1, -0.05) is 24.3 Å². The third kappa shape index (κ3) is 5.07. The maximum absolute atomic E-state index is 12.2. The topological polar surface area (TPSA) is 75.6 Å².